The number of rotatable bonds is 6. The standard InChI is InChI=1S/C24H31ClN2O3/c1-6-18(26(7-2)23(28)30-24(3,4)5)14-15-27-19-10-8-9-11-21(19)29-22-16-17(25)12-13-20(22)27/h8-13,16,18H,6-7,14-15H2,1-5H3/t18-/m1/s1. The third kappa shape index (κ3) is 5.01. The van der Waals surface area contributed by atoms with Crippen LogP contribution in [0.15, 0.2) is 42.5 Å². The number of carbonyl (C=O) groups excluding carboxylic acids is 1. The van der Waals surface area contributed by atoms with Gasteiger partial charge in [0.1, 0.15) is 5.60 Å². The molecular weight excluding hydrogens is 400 g/mol. The Morgan fingerprint density at radius 1 is 1.13 bits per heavy atom. The van der Waals surface area contributed by atoms with E-state index < -0.39 is 5.60 Å². The lowest BCUT2D eigenvalue weighted by Gasteiger charge is -2.36. The van der Waals surface area contributed by atoms with Crippen molar-refractivity contribution in [3.63, 3.8) is 0 Å². The predicted octanol–water partition coefficient (Wildman–Crippen LogP) is 7.01. The van der Waals surface area contributed by atoms with Crippen molar-refractivity contribution in [3.05, 3.63) is 47.5 Å². The fourth-order valence-electron chi connectivity index (χ4n) is 3.76. The lowest BCUT2D eigenvalue weighted by atomic mass is 10.1. The Kier molecular flexibility index (Phi) is 6.81. The molecular formula is C24H31ClN2O3. The number of para-hydroxylation sites is 2. The van der Waals surface area contributed by atoms with Crippen molar-refractivity contribution in [2.75, 3.05) is 18.0 Å². The first-order chi connectivity index (χ1) is 14.2. The highest BCUT2D eigenvalue weighted by Crippen LogP contribution is 2.47. The highest BCUT2D eigenvalue weighted by Gasteiger charge is 2.29. The summed E-state index contributed by atoms with van der Waals surface area (Å²) in [4.78, 5) is 16.8. The smallest absolute Gasteiger partial charge is 0.410 e. The Balaban J connectivity index is 1.82. The van der Waals surface area contributed by atoms with Crippen molar-refractivity contribution in [3.8, 4) is 11.5 Å². The van der Waals surface area contributed by atoms with Crippen LogP contribution in [0.1, 0.15) is 47.5 Å². The monoisotopic (exact) mass is 430 g/mol. The number of hydrogen-bond donors (Lipinski definition) is 0. The first kappa shape index (κ1) is 22.3. The van der Waals surface area contributed by atoms with E-state index in [1.165, 1.54) is 0 Å². The molecule has 30 heavy (non-hydrogen) atoms. The average molecular weight is 431 g/mol. The lowest BCUT2D eigenvalue weighted by molar-refractivity contribution is 0.0162. The second kappa shape index (κ2) is 9.17. The van der Waals surface area contributed by atoms with Crippen LogP contribution in [0.25, 0.3) is 0 Å². The number of amides is 1. The summed E-state index contributed by atoms with van der Waals surface area (Å²) in [6.07, 6.45) is 1.40. The topological polar surface area (TPSA) is 42.0 Å². The van der Waals surface area contributed by atoms with E-state index in [-0.39, 0.29) is 12.1 Å². The van der Waals surface area contributed by atoms with E-state index in [1.807, 2.05) is 69.0 Å². The number of ether oxygens (including phenoxy) is 2. The summed E-state index contributed by atoms with van der Waals surface area (Å²) >= 11 is 6.19. The van der Waals surface area contributed by atoms with E-state index in [2.05, 4.69) is 17.9 Å². The molecule has 1 heterocycles. The number of halogens is 1. The van der Waals surface area contributed by atoms with Gasteiger partial charge in [-0.25, -0.2) is 4.79 Å². The van der Waals surface area contributed by atoms with Gasteiger partial charge in [0.25, 0.3) is 0 Å². The van der Waals surface area contributed by atoms with Gasteiger partial charge < -0.3 is 19.3 Å². The number of anilines is 2. The minimum Gasteiger partial charge on any atom is -0.453 e. The normalized spacial score (nSPS) is 13.7. The van der Waals surface area contributed by atoms with Crippen LogP contribution in [0.4, 0.5) is 16.2 Å². The van der Waals surface area contributed by atoms with Gasteiger partial charge in [-0.05, 0) is 64.8 Å². The summed E-state index contributed by atoms with van der Waals surface area (Å²) in [6.45, 7) is 11.1. The molecule has 2 aromatic carbocycles. The zero-order valence-corrected chi connectivity index (χ0v) is 19.2. The van der Waals surface area contributed by atoms with Crippen LogP contribution in [-0.2, 0) is 4.74 Å². The molecule has 1 aliphatic rings. The van der Waals surface area contributed by atoms with E-state index >= 15 is 0 Å². The van der Waals surface area contributed by atoms with E-state index in [4.69, 9.17) is 21.1 Å². The van der Waals surface area contributed by atoms with Gasteiger partial charge in [0.15, 0.2) is 11.5 Å². The zero-order valence-electron chi connectivity index (χ0n) is 18.4. The molecule has 1 atom stereocenters. The Morgan fingerprint density at radius 3 is 2.50 bits per heavy atom. The predicted molar refractivity (Wildman–Crippen MR) is 122 cm³/mol. The molecule has 2 aromatic rings. The molecule has 162 valence electrons. The molecule has 1 amide bonds. The molecule has 0 aliphatic carbocycles. The fraction of sp³-hybridized carbons (Fsp3) is 0.458. The molecule has 5 nitrogen and oxygen atoms in total. The third-order valence-electron chi connectivity index (χ3n) is 5.16. The second-order valence-electron chi connectivity index (χ2n) is 8.45. The fourth-order valence-corrected chi connectivity index (χ4v) is 3.93. The van der Waals surface area contributed by atoms with Crippen molar-refractivity contribution in [2.45, 2.75) is 59.1 Å². The number of carbonyl (C=O) groups is 1. The molecule has 0 spiro atoms. The van der Waals surface area contributed by atoms with E-state index in [1.54, 1.807) is 0 Å². The molecule has 0 saturated heterocycles. The van der Waals surface area contributed by atoms with Crippen molar-refractivity contribution in [2.24, 2.45) is 0 Å². The number of fused-ring (bicyclic) bond motifs is 2. The Bertz CT molecular complexity index is 894. The van der Waals surface area contributed by atoms with Crippen LogP contribution in [0, 0.1) is 0 Å². The van der Waals surface area contributed by atoms with Gasteiger partial charge >= 0.3 is 6.09 Å². The van der Waals surface area contributed by atoms with Crippen molar-refractivity contribution >= 4 is 29.1 Å². The quantitative estimate of drug-likeness (QED) is 0.494. The van der Waals surface area contributed by atoms with Gasteiger partial charge in [-0.15, -0.1) is 0 Å². The maximum atomic E-state index is 12.7. The van der Waals surface area contributed by atoms with E-state index in [9.17, 15) is 4.79 Å². The second-order valence-corrected chi connectivity index (χ2v) is 8.89. The van der Waals surface area contributed by atoms with Crippen LogP contribution in [0.3, 0.4) is 0 Å². The molecule has 6 heteroatoms. The maximum absolute atomic E-state index is 12.7. The summed E-state index contributed by atoms with van der Waals surface area (Å²) in [5.74, 6) is 1.55. The molecule has 1 aliphatic heterocycles. The zero-order chi connectivity index (χ0) is 21.9. The first-order valence-corrected chi connectivity index (χ1v) is 10.9. The summed E-state index contributed by atoms with van der Waals surface area (Å²) in [6, 6.07) is 13.8. The van der Waals surface area contributed by atoms with Crippen molar-refractivity contribution in [1.82, 2.24) is 4.90 Å². The summed E-state index contributed by atoms with van der Waals surface area (Å²) in [7, 11) is 0. The molecule has 0 saturated carbocycles. The van der Waals surface area contributed by atoms with E-state index in [0.29, 0.717) is 11.6 Å². The van der Waals surface area contributed by atoms with Gasteiger partial charge in [-0.3, -0.25) is 0 Å². The Labute approximate surface area is 184 Å². The molecule has 3 rings (SSSR count). The molecule has 0 radical (unpaired) electrons. The molecule has 0 aromatic heterocycles. The average Bonchev–Trinajstić information content (AvgIpc) is 2.68. The van der Waals surface area contributed by atoms with Gasteiger partial charge in [-0.2, -0.15) is 0 Å². The van der Waals surface area contributed by atoms with Crippen molar-refractivity contribution < 1.29 is 14.3 Å². The number of hydrogen-bond acceptors (Lipinski definition) is 4. The van der Waals surface area contributed by atoms with Crippen LogP contribution < -0.4 is 9.64 Å². The summed E-state index contributed by atoms with van der Waals surface area (Å²) < 4.78 is 11.7. The van der Waals surface area contributed by atoms with E-state index in [0.717, 1.165) is 42.3 Å². The van der Waals surface area contributed by atoms with Crippen molar-refractivity contribution in [1.29, 1.82) is 0 Å². The summed E-state index contributed by atoms with van der Waals surface area (Å²) in [5, 5.41) is 0.640. The Hall–Kier alpha value is -2.40. The molecule has 0 unspecified atom stereocenters. The van der Waals surface area contributed by atoms with Crippen LogP contribution in [0.2, 0.25) is 5.02 Å². The Morgan fingerprint density at radius 2 is 1.83 bits per heavy atom. The highest BCUT2D eigenvalue weighted by atomic mass is 35.5. The number of benzene rings is 2. The highest BCUT2D eigenvalue weighted by molar-refractivity contribution is 6.30. The van der Waals surface area contributed by atoms with Crippen LogP contribution >= 0.6 is 11.6 Å². The van der Waals surface area contributed by atoms with Gasteiger partial charge in [0.2, 0.25) is 0 Å². The summed E-state index contributed by atoms with van der Waals surface area (Å²) in [5.41, 5.74) is 1.49. The third-order valence-corrected chi connectivity index (χ3v) is 5.39. The number of nitrogens with zero attached hydrogens (tertiary/aromatic N) is 2. The van der Waals surface area contributed by atoms with Crippen LogP contribution in [0.5, 0.6) is 11.5 Å². The minimum atomic E-state index is -0.510. The van der Waals surface area contributed by atoms with Gasteiger partial charge in [0.05, 0.1) is 11.4 Å². The maximum Gasteiger partial charge on any atom is 0.410 e. The van der Waals surface area contributed by atoms with Gasteiger partial charge in [0, 0.05) is 30.2 Å². The minimum absolute atomic E-state index is 0.0793. The molecule has 0 N–H and O–H groups in total. The molecule has 0 fully saturated rings. The lowest BCUT2D eigenvalue weighted by Crippen LogP contribution is -2.44. The van der Waals surface area contributed by atoms with Crippen LogP contribution in [-0.4, -0.2) is 35.7 Å². The first-order valence-electron chi connectivity index (χ1n) is 10.6. The SMILES string of the molecule is CC[C@H](CCN1c2ccccc2Oc2cc(Cl)ccc21)N(CC)C(=O)OC(C)(C)C. The van der Waals surface area contributed by atoms with Gasteiger partial charge in [-0.1, -0.05) is 30.7 Å². The largest absolute Gasteiger partial charge is 0.453 e. The molecule has 0 bridgehead atoms.